The van der Waals surface area contributed by atoms with Gasteiger partial charge in [-0.3, -0.25) is 4.79 Å². The molecule has 0 fully saturated rings. The fourth-order valence-electron chi connectivity index (χ4n) is 2.36. The predicted molar refractivity (Wildman–Crippen MR) is 97.1 cm³/mol. The molecular weight excluding hydrogens is 310 g/mol. The molecule has 0 radical (unpaired) electrons. The number of thioether (sulfide) groups is 1. The lowest BCUT2D eigenvalue weighted by Crippen LogP contribution is -2.52. The third kappa shape index (κ3) is 4.00. The third-order valence-corrected chi connectivity index (χ3v) is 5.53. The van der Waals surface area contributed by atoms with Crippen molar-refractivity contribution in [2.75, 3.05) is 19.9 Å². The predicted octanol–water partition coefficient (Wildman–Crippen LogP) is 2.30. The van der Waals surface area contributed by atoms with Crippen molar-refractivity contribution in [2.45, 2.75) is 31.1 Å². The van der Waals surface area contributed by atoms with E-state index in [1.165, 1.54) is 0 Å². The second kappa shape index (κ2) is 7.27. The highest BCUT2D eigenvalue weighted by molar-refractivity contribution is 8.00. The van der Waals surface area contributed by atoms with Gasteiger partial charge in [0, 0.05) is 28.4 Å². The van der Waals surface area contributed by atoms with Crippen LogP contribution in [0.15, 0.2) is 24.4 Å². The van der Waals surface area contributed by atoms with E-state index in [0.29, 0.717) is 6.54 Å². The van der Waals surface area contributed by atoms with Gasteiger partial charge in [0.2, 0.25) is 5.91 Å². The number of ether oxygens (including phenoxy) is 1. The Hall–Kier alpha value is -1.66. The topological polar surface area (TPSA) is 80.1 Å². The molecule has 0 spiro atoms. The Morgan fingerprint density at radius 2 is 2.22 bits per heavy atom. The number of aromatic nitrogens is 1. The summed E-state index contributed by atoms with van der Waals surface area (Å²) >= 11 is 1.60. The molecule has 1 aromatic heterocycles. The van der Waals surface area contributed by atoms with Crippen molar-refractivity contribution in [3.05, 3.63) is 30.0 Å². The normalized spacial score (nSPS) is 13.1. The van der Waals surface area contributed by atoms with Crippen LogP contribution in [0, 0.1) is 0 Å². The lowest BCUT2D eigenvalue weighted by molar-refractivity contribution is -0.122. The van der Waals surface area contributed by atoms with Crippen LogP contribution in [0.25, 0.3) is 10.9 Å². The van der Waals surface area contributed by atoms with Crippen LogP contribution in [0.2, 0.25) is 0 Å². The molecule has 0 saturated heterocycles. The highest BCUT2D eigenvalue weighted by atomic mass is 32.2. The van der Waals surface area contributed by atoms with Crippen LogP contribution in [-0.2, 0) is 11.2 Å². The standard InChI is InChI=1S/C17H25N3O2S/c1-17(2,23-4)15(18)16(21)19-8-7-11-10-20-14-6-5-12(22-3)9-13(11)14/h5-6,9-10,15,20H,7-8,18H2,1-4H3,(H,19,21)/t15-/m1/s1. The molecule has 0 saturated carbocycles. The number of hydrogen-bond acceptors (Lipinski definition) is 4. The number of carbonyl (C=O) groups is 1. The van der Waals surface area contributed by atoms with Gasteiger partial charge in [0.05, 0.1) is 13.2 Å². The highest BCUT2D eigenvalue weighted by Crippen LogP contribution is 2.25. The van der Waals surface area contributed by atoms with E-state index in [-0.39, 0.29) is 10.7 Å². The zero-order chi connectivity index (χ0) is 17.0. The van der Waals surface area contributed by atoms with E-state index in [9.17, 15) is 4.79 Å². The van der Waals surface area contributed by atoms with E-state index >= 15 is 0 Å². The van der Waals surface area contributed by atoms with Crippen molar-refractivity contribution < 1.29 is 9.53 Å². The number of aromatic amines is 1. The van der Waals surface area contributed by atoms with Gasteiger partial charge in [-0.2, -0.15) is 11.8 Å². The lowest BCUT2D eigenvalue weighted by Gasteiger charge is -2.28. The summed E-state index contributed by atoms with van der Waals surface area (Å²) < 4.78 is 4.99. The molecule has 1 heterocycles. The largest absolute Gasteiger partial charge is 0.497 e. The monoisotopic (exact) mass is 335 g/mol. The Labute approximate surface area is 141 Å². The first-order valence-electron chi connectivity index (χ1n) is 7.61. The first-order valence-corrected chi connectivity index (χ1v) is 8.84. The molecule has 23 heavy (non-hydrogen) atoms. The van der Waals surface area contributed by atoms with Gasteiger partial charge in [0.15, 0.2) is 0 Å². The van der Waals surface area contributed by atoms with E-state index in [1.54, 1.807) is 18.9 Å². The summed E-state index contributed by atoms with van der Waals surface area (Å²) in [6, 6.07) is 5.40. The first-order chi connectivity index (χ1) is 10.9. The minimum absolute atomic E-state index is 0.109. The van der Waals surface area contributed by atoms with Gasteiger partial charge in [-0.25, -0.2) is 0 Å². The Morgan fingerprint density at radius 1 is 1.48 bits per heavy atom. The molecule has 2 rings (SSSR count). The molecule has 2 aromatic rings. The molecule has 6 heteroatoms. The number of fused-ring (bicyclic) bond motifs is 1. The molecule has 1 amide bonds. The number of nitrogens with two attached hydrogens (primary N) is 1. The maximum absolute atomic E-state index is 12.2. The van der Waals surface area contributed by atoms with Crippen molar-refractivity contribution in [1.82, 2.24) is 10.3 Å². The Bertz CT molecular complexity index is 682. The van der Waals surface area contributed by atoms with Crippen LogP contribution >= 0.6 is 11.8 Å². The van der Waals surface area contributed by atoms with Crippen LogP contribution in [0.3, 0.4) is 0 Å². The van der Waals surface area contributed by atoms with Crippen molar-refractivity contribution in [1.29, 1.82) is 0 Å². The zero-order valence-electron chi connectivity index (χ0n) is 14.1. The average Bonchev–Trinajstić information content (AvgIpc) is 2.96. The van der Waals surface area contributed by atoms with Gasteiger partial charge in [0.1, 0.15) is 5.75 Å². The van der Waals surface area contributed by atoms with Crippen LogP contribution < -0.4 is 15.8 Å². The number of rotatable bonds is 7. The maximum atomic E-state index is 12.2. The molecule has 1 atom stereocenters. The Morgan fingerprint density at radius 3 is 2.87 bits per heavy atom. The SMILES string of the molecule is COc1ccc2[nH]cc(CCNC(=O)[C@@H](N)C(C)(C)SC)c2c1. The zero-order valence-corrected chi connectivity index (χ0v) is 14.9. The van der Waals surface area contributed by atoms with E-state index in [0.717, 1.165) is 28.6 Å². The van der Waals surface area contributed by atoms with Gasteiger partial charge in [-0.15, -0.1) is 0 Å². The maximum Gasteiger partial charge on any atom is 0.238 e. The molecule has 1 aromatic carbocycles. The van der Waals surface area contributed by atoms with E-state index in [2.05, 4.69) is 10.3 Å². The Kier molecular flexibility index (Phi) is 5.59. The van der Waals surface area contributed by atoms with Crippen LogP contribution in [0.5, 0.6) is 5.75 Å². The lowest BCUT2D eigenvalue weighted by atomic mass is 10.0. The van der Waals surface area contributed by atoms with Crippen LogP contribution in [-0.4, -0.2) is 41.6 Å². The number of benzene rings is 1. The third-order valence-electron chi connectivity index (χ3n) is 4.23. The second-order valence-electron chi connectivity index (χ2n) is 6.05. The fourth-order valence-corrected chi connectivity index (χ4v) is 2.73. The summed E-state index contributed by atoms with van der Waals surface area (Å²) in [5.74, 6) is 0.716. The van der Waals surface area contributed by atoms with Crippen LogP contribution in [0.4, 0.5) is 0 Å². The van der Waals surface area contributed by atoms with Gasteiger partial charge >= 0.3 is 0 Å². The molecular formula is C17H25N3O2S. The number of nitrogens with one attached hydrogen (secondary N) is 2. The number of methoxy groups -OCH3 is 1. The summed E-state index contributed by atoms with van der Waals surface area (Å²) in [7, 11) is 1.66. The van der Waals surface area contributed by atoms with Crippen molar-refractivity contribution in [2.24, 2.45) is 5.73 Å². The number of H-pyrrole nitrogens is 1. The van der Waals surface area contributed by atoms with Gasteiger partial charge in [-0.05, 0) is 50.3 Å². The molecule has 0 aliphatic rings. The van der Waals surface area contributed by atoms with Gasteiger partial charge in [-0.1, -0.05) is 0 Å². The summed E-state index contributed by atoms with van der Waals surface area (Å²) in [6.07, 6.45) is 4.68. The van der Waals surface area contributed by atoms with Crippen LogP contribution in [0.1, 0.15) is 19.4 Å². The number of carbonyl (C=O) groups excluding carboxylic acids is 1. The van der Waals surface area contributed by atoms with Crippen molar-refractivity contribution in [3.63, 3.8) is 0 Å². The summed E-state index contributed by atoms with van der Waals surface area (Å²) in [6.45, 7) is 4.52. The van der Waals surface area contributed by atoms with E-state index in [1.807, 2.05) is 44.5 Å². The smallest absolute Gasteiger partial charge is 0.238 e. The molecule has 0 unspecified atom stereocenters. The number of amides is 1. The first kappa shape index (κ1) is 17.7. The second-order valence-corrected chi connectivity index (χ2v) is 7.51. The van der Waals surface area contributed by atoms with Gasteiger partial charge in [0.25, 0.3) is 0 Å². The molecule has 0 aliphatic carbocycles. The minimum atomic E-state index is -0.527. The molecule has 0 bridgehead atoms. The van der Waals surface area contributed by atoms with E-state index in [4.69, 9.17) is 10.5 Å². The summed E-state index contributed by atoms with van der Waals surface area (Å²) in [5, 5.41) is 4.05. The fraction of sp³-hybridized carbons (Fsp3) is 0.471. The highest BCUT2D eigenvalue weighted by Gasteiger charge is 2.30. The summed E-state index contributed by atoms with van der Waals surface area (Å²) in [5.41, 5.74) is 8.25. The van der Waals surface area contributed by atoms with E-state index < -0.39 is 6.04 Å². The molecule has 4 N–H and O–H groups in total. The minimum Gasteiger partial charge on any atom is -0.497 e. The quantitative estimate of drug-likeness (QED) is 0.725. The van der Waals surface area contributed by atoms with Crippen molar-refractivity contribution in [3.8, 4) is 5.75 Å². The molecule has 5 nitrogen and oxygen atoms in total. The van der Waals surface area contributed by atoms with Gasteiger partial charge < -0.3 is 20.8 Å². The Balaban J connectivity index is 1.98. The molecule has 0 aliphatic heterocycles. The summed E-state index contributed by atoms with van der Waals surface area (Å²) in [4.78, 5) is 15.4. The average molecular weight is 335 g/mol. The number of hydrogen-bond donors (Lipinski definition) is 3. The van der Waals surface area contributed by atoms with Crippen molar-refractivity contribution >= 4 is 28.6 Å². The molecule has 126 valence electrons.